The summed E-state index contributed by atoms with van der Waals surface area (Å²) in [6.07, 6.45) is 8.54. The molecule has 6 rings (SSSR count). The zero-order chi connectivity index (χ0) is 18.4. The highest BCUT2D eigenvalue weighted by Gasteiger charge is 2.43. The largest absolute Gasteiger partial charge is 0.360 e. The van der Waals surface area contributed by atoms with Crippen LogP contribution in [-0.2, 0) is 4.79 Å². The third-order valence-corrected chi connectivity index (χ3v) is 6.89. The minimum atomic E-state index is -0.115. The Labute approximate surface area is 159 Å². The first-order valence-electron chi connectivity index (χ1n) is 10.3. The number of hydrogen-bond acceptors (Lipinski definition) is 2. The molecule has 2 saturated carbocycles. The molecule has 4 aliphatic rings. The number of H-pyrrole nitrogens is 1. The van der Waals surface area contributed by atoms with E-state index in [0.29, 0.717) is 30.5 Å². The Balaban J connectivity index is 1.19. The molecule has 2 N–H and O–H groups in total. The SMILES string of the molecule is O=C(NCCC(=O)N1CC2CC3CC(C2)CC1C3)c1c[nH]c2ccccc12. The average molecular weight is 365 g/mol. The molecule has 4 fully saturated rings. The predicted molar refractivity (Wildman–Crippen MR) is 104 cm³/mol. The highest BCUT2D eigenvalue weighted by Crippen LogP contribution is 2.47. The van der Waals surface area contributed by atoms with Crippen LogP contribution in [0.2, 0.25) is 0 Å². The fourth-order valence-electron chi connectivity index (χ4n) is 5.87. The lowest BCUT2D eigenvalue weighted by Crippen LogP contribution is -2.43. The van der Waals surface area contributed by atoms with Crippen molar-refractivity contribution in [2.45, 2.75) is 44.6 Å². The van der Waals surface area contributed by atoms with Crippen molar-refractivity contribution in [2.75, 3.05) is 13.1 Å². The molecule has 2 atom stereocenters. The van der Waals surface area contributed by atoms with Crippen LogP contribution in [-0.4, -0.2) is 40.8 Å². The number of hydrogen-bond donors (Lipinski definition) is 2. The molecule has 2 aliphatic carbocycles. The molecule has 0 radical (unpaired) electrons. The van der Waals surface area contributed by atoms with Gasteiger partial charge in [0.05, 0.1) is 5.56 Å². The Morgan fingerprint density at radius 2 is 1.78 bits per heavy atom. The maximum absolute atomic E-state index is 12.9. The highest BCUT2D eigenvalue weighted by atomic mass is 16.2. The Hall–Kier alpha value is -2.30. The van der Waals surface area contributed by atoms with E-state index >= 15 is 0 Å². The van der Waals surface area contributed by atoms with Crippen molar-refractivity contribution in [2.24, 2.45) is 17.8 Å². The van der Waals surface area contributed by atoms with E-state index < -0.39 is 0 Å². The van der Waals surface area contributed by atoms with Gasteiger partial charge in [0.15, 0.2) is 0 Å². The van der Waals surface area contributed by atoms with Gasteiger partial charge in [-0.05, 0) is 55.9 Å². The number of carbonyl (C=O) groups is 2. The van der Waals surface area contributed by atoms with Gasteiger partial charge in [0.1, 0.15) is 0 Å². The molecule has 27 heavy (non-hydrogen) atoms. The van der Waals surface area contributed by atoms with Gasteiger partial charge in [0.25, 0.3) is 5.91 Å². The molecule has 5 nitrogen and oxygen atoms in total. The molecule has 142 valence electrons. The molecule has 2 aromatic rings. The van der Waals surface area contributed by atoms with Crippen molar-refractivity contribution >= 4 is 22.7 Å². The summed E-state index contributed by atoms with van der Waals surface area (Å²) in [5, 5.41) is 3.85. The third kappa shape index (κ3) is 3.13. The molecular formula is C22H27N3O2. The number of nitrogens with zero attached hydrogens (tertiary/aromatic N) is 1. The summed E-state index contributed by atoms with van der Waals surface area (Å²) in [5.41, 5.74) is 1.60. The van der Waals surface area contributed by atoms with Gasteiger partial charge in [0, 0.05) is 42.7 Å². The van der Waals surface area contributed by atoms with Crippen LogP contribution in [0.3, 0.4) is 0 Å². The van der Waals surface area contributed by atoms with Gasteiger partial charge in [-0.15, -0.1) is 0 Å². The molecular weight excluding hydrogens is 338 g/mol. The molecule has 2 unspecified atom stereocenters. The predicted octanol–water partition coefficient (Wildman–Crippen LogP) is 3.32. The van der Waals surface area contributed by atoms with Crippen molar-refractivity contribution in [3.8, 4) is 0 Å². The van der Waals surface area contributed by atoms with E-state index in [9.17, 15) is 9.59 Å². The summed E-state index contributed by atoms with van der Waals surface area (Å²) in [5.74, 6) is 2.48. The van der Waals surface area contributed by atoms with Crippen molar-refractivity contribution < 1.29 is 9.59 Å². The number of para-hydroxylation sites is 1. The van der Waals surface area contributed by atoms with Crippen LogP contribution < -0.4 is 5.32 Å². The number of benzene rings is 1. The molecule has 3 heterocycles. The first-order valence-corrected chi connectivity index (χ1v) is 10.3. The second kappa shape index (κ2) is 6.70. The molecule has 2 aliphatic heterocycles. The van der Waals surface area contributed by atoms with Crippen molar-refractivity contribution in [1.82, 2.24) is 15.2 Å². The quantitative estimate of drug-likeness (QED) is 0.873. The van der Waals surface area contributed by atoms with Crippen LogP contribution >= 0.6 is 0 Å². The average Bonchev–Trinajstić information content (AvgIpc) is 2.99. The molecule has 2 saturated heterocycles. The lowest BCUT2D eigenvalue weighted by Gasteiger charge is -2.39. The fourth-order valence-corrected chi connectivity index (χ4v) is 5.87. The third-order valence-electron chi connectivity index (χ3n) is 6.89. The van der Waals surface area contributed by atoms with Gasteiger partial charge in [-0.25, -0.2) is 0 Å². The number of aromatic nitrogens is 1. The minimum absolute atomic E-state index is 0.115. The molecule has 2 amide bonds. The second-order valence-corrected chi connectivity index (χ2v) is 8.73. The maximum atomic E-state index is 12.9. The van der Waals surface area contributed by atoms with Crippen molar-refractivity contribution in [3.63, 3.8) is 0 Å². The fraction of sp³-hybridized carbons (Fsp3) is 0.545. The number of rotatable bonds is 4. The second-order valence-electron chi connectivity index (χ2n) is 8.73. The lowest BCUT2D eigenvalue weighted by molar-refractivity contribution is -0.133. The van der Waals surface area contributed by atoms with Gasteiger partial charge >= 0.3 is 0 Å². The summed E-state index contributed by atoms with van der Waals surface area (Å²) >= 11 is 0. The molecule has 1 aromatic heterocycles. The maximum Gasteiger partial charge on any atom is 0.253 e. The highest BCUT2D eigenvalue weighted by molar-refractivity contribution is 6.06. The monoisotopic (exact) mass is 365 g/mol. The van der Waals surface area contributed by atoms with E-state index in [4.69, 9.17) is 0 Å². The standard InChI is InChI=1S/C22H27N3O2/c26-21(25-13-16-8-14-7-15(9-16)11-17(25)10-14)5-6-23-22(27)19-12-24-20-4-2-1-3-18(19)20/h1-4,12,14-17,24H,5-11,13H2,(H,23,27). The Kier molecular flexibility index (Phi) is 4.18. The number of nitrogens with one attached hydrogen (secondary N) is 2. The summed E-state index contributed by atoms with van der Waals surface area (Å²) in [4.78, 5) is 30.7. The van der Waals surface area contributed by atoms with Crippen molar-refractivity contribution in [3.05, 3.63) is 36.0 Å². The number of amides is 2. The molecule has 5 heteroatoms. The van der Waals surface area contributed by atoms with Crippen LogP contribution in [0.5, 0.6) is 0 Å². The molecule has 4 bridgehead atoms. The van der Waals surface area contributed by atoms with Gasteiger partial charge in [0.2, 0.25) is 5.91 Å². The molecule has 0 spiro atoms. The zero-order valence-electron chi connectivity index (χ0n) is 15.6. The van der Waals surface area contributed by atoms with Gasteiger partial charge in [-0.1, -0.05) is 18.2 Å². The van der Waals surface area contributed by atoms with Crippen LogP contribution in [0.15, 0.2) is 30.5 Å². The first-order chi connectivity index (χ1) is 13.2. The number of fused-ring (bicyclic) bond motifs is 2. The van der Waals surface area contributed by atoms with Crippen molar-refractivity contribution in [1.29, 1.82) is 0 Å². The normalized spacial score (nSPS) is 29.1. The Morgan fingerprint density at radius 3 is 2.59 bits per heavy atom. The minimum Gasteiger partial charge on any atom is -0.360 e. The van der Waals surface area contributed by atoms with E-state index in [1.54, 1.807) is 6.20 Å². The van der Waals surface area contributed by atoms with E-state index in [0.717, 1.165) is 29.3 Å². The van der Waals surface area contributed by atoms with Crippen LogP contribution in [0.4, 0.5) is 0 Å². The summed E-state index contributed by atoms with van der Waals surface area (Å²) < 4.78 is 0. The number of carbonyl (C=O) groups excluding carboxylic acids is 2. The van der Waals surface area contributed by atoms with E-state index in [-0.39, 0.29) is 11.8 Å². The lowest BCUT2D eigenvalue weighted by atomic mass is 9.68. The van der Waals surface area contributed by atoms with Crippen LogP contribution in [0.1, 0.15) is 48.9 Å². The molecule has 1 aromatic carbocycles. The van der Waals surface area contributed by atoms with E-state index in [1.807, 2.05) is 24.3 Å². The Bertz CT molecular complexity index is 859. The smallest absolute Gasteiger partial charge is 0.253 e. The zero-order valence-corrected chi connectivity index (χ0v) is 15.6. The number of aromatic amines is 1. The summed E-state index contributed by atoms with van der Waals surface area (Å²) in [6.45, 7) is 1.34. The van der Waals surface area contributed by atoms with Crippen LogP contribution in [0, 0.1) is 17.8 Å². The summed E-state index contributed by atoms with van der Waals surface area (Å²) in [6, 6.07) is 8.21. The van der Waals surface area contributed by atoms with E-state index in [2.05, 4.69) is 15.2 Å². The topological polar surface area (TPSA) is 65.2 Å². The Morgan fingerprint density at radius 1 is 1.04 bits per heavy atom. The summed E-state index contributed by atoms with van der Waals surface area (Å²) in [7, 11) is 0. The van der Waals surface area contributed by atoms with Gasteiger partial charge in [-0.2, -0.15) is 0 Å². The van der Waals surface area contributed by atoms with E-state index in [1.165, 1.54) is 32.1 Å². The van der Waals surface area contributed by atoms with Gasteiger partial charge < -0.3 is 15.2 Å². The van der Waals surface area contributed by atoms with Crippen LogP contribution in [0.25, 0.3) is 10.9 Å². The van der Waals surface area contributed by atoms with Gasteiger partial charge in [-0.3, -0.25) is 9.59 Å². The first kappa shape index (κ1) is 16.8.